The highest BCUT2D eigenvalue weighted by molar-refractivity contribution is 5.89. The summed E-state index contributed by atoms with van der Waals surface area (Å²) in [5, 5.41) is 11.9. The first-order valence-electron chi connectivity index (χ1n) is 8.30. The van der Waals surface area contributed by atoms with Crippen LogP contribution >= 0.6 is 0 Å². The third kappa shape index (κ3) is 3.16. The maximum absolute atomic E-state index is 14.3. The van der Waals surface area contributed by atoms with Crippen molar-refractivity contribution in [3.63, 3.8) is 0 Å². The highest BCUT2D eigenvalue weighted by atomic mass is 19.1. The molecule has 0 aliphatic heterocycles. The number of carboxylic acids is 1. The molecule has 2 N–H and O–H groups in total. The monoisotopic (exact) mass is 345 g/mol. The van der Waals surface area contributed by atoms with Gasteiger partial charge in [0, 0.05) is 5.56 Å². The van der Waals surface area contributed by atoms with Crippen molar-refractivity contribution in [2.45, 2.75) is 44.6 Å². The standard InChI is InChI=1S/C19H20FNO4/c1-12-14(17(22)23)10-13(25-12)11-21-18(24)19(8-4-5-9-19)15-6-2-3-7-16(15)20/h2-3,6-7,10H,4-5,8-9,11H2,1H3,(H,21,24)(H,22,23). The maximum atomic E-state index is 14.3. The SMILES string of the molecule is Cc1oc(CNC(=O)C2(c3ccccc3F)CCCC2)cc1C(=O)O. The van der Waals surface area contributed by atoms with E-state index in [4.69, 9.17) is 9.52 Å². The molecule has 0 saturated heterocycles. The second kappa shape index (κ2) is 6.70. The molecule has 1 amide bonds. The molecule has 0 bridgehead atoms. The van der Waals surface area contributed by atoms with Gasteiger partial charge in [0.2, 0.25) is 5.91 Å². The van der Waals surface area contributed by atoms with E-state index in [-0.39, 0.29) is 23.8 Å². The average molecular weight is 345 g/mol. The Hall–Kier alpha value is -2.63. The van der Waals surface area contributed by atoms with Crippen LogP contribution in [0.25, 0.3) is 0 Å². The van der Waals surface area contributed by atoms with Gasteiger partial charge >= 0.3 is 5.97 Å². The number of halogens is 1. The zero-order valence-electron chi connectivity index (χ0n) is 14.0. The van der Waals surface area contributed by atoms with Gasteiger partial charge in [-0.25, -0.2) is 9.18 Å². The Morgan fingerprint density at radius 3 is 2.56 bits per heavy atom. The number of aromatic carboxylic acids is 1. The van der Waals surface area contributed by atoms with Crippen molar-refractivity contribution >= 4 is 11.9 Å². The lowest BCUT2D eigenvalue weighted by molar-refractivity contribution is -0.127. The molecule has 25 heavy (non-hydrogen) atoms. The Balaban J connectivity index is 1.80. The summed E-state index contributed by atoms with van der Waals surface area (Å²) in [6.07, 6.45) is 2.92. The number of amides is 1. The van der Waals surface area contributed by atoms with E-state index >= 15 is 0 Å². The zero-order chi connectivity index (χ0) is 18.0. The predicted octanol–water partition coefficient (Wildman–Crippen LogP) is 3.55. The van der Waals surface area contributed by atoms with Gasteiger partial charge < -0.3 is 14.8 Å². The highest BCUT2D eigenvalue weighted by Crippen LogP contribution is 2.42. The number of aryl methyl sites for hydroxylation is 1. The summed E-state index contributed by atoms with van der Waals surface area (Å²) in [7, 11) is 0. The van der Waals surface area contributed by atoms with E-state index in [1.54, 1.807) is 25.1 Å². The number of carbonyl (C=O) groups excluding carboxylic acids is 1. The van der Waals surface area contributed by atoms with Crippen molar-refractivity contribution in [2.24, 2.45) is 0 Å². The molecule has 6 heteroatoms. The number of carboxylic acid groups (broad SMARTS) is 1. The smallest absolute Gasteiger partial charge is 0.339 e. The van der Waals surface area contributed by atoms with Gasteiger partial charge in [0.1, 0.15) is 22.9 Å². The summed E-state index contributed by atoms with van der Waals surface area (Å²) in [6.45, 7) is 1.63. The molecule has 5 nitrogen and oxygen atoms in total. The molecule has 3 rings (SSSR count). The Morgan fingerprint density at radius 1 is 1.28 bits per heavy atom. The number of rotatable bonds is 5. The Morgan fingerprint density at radius 2 is 1.96 bits per heavy atom. The lowest BCUT2D eigenvalue weighted by Crippen LogP contribution is -2.42. The molecule has 0 unspecified atom stereocenters. The van der Waals surface area contributed by atoms with Crippen LogP contribution in [0.1, 0.15) is 53.1 Å². The Kier molecular flexibility index (Phi) is 4.61. The number of hydrogen-bond acceptors (Lipinski definition) is 3. The number of furan rings is 1. The highest BCUT2D eigenvalue weighted by Gasteiger charge is 2.44. The minimum atomic E-state index is -1.07. The molecule has 1 aliphatic carbocycles. The van der Waals surface area contributed by atoms with Crippen LogP contribution in [-0.4, -0.2) is 17.0 Å². The van der Waals surface area contributed by atoms with Gasteiger partial charge in [-0.15, -0.1) is 0 Å². The fraction of sp³-hybridized carbons (Fsp3) is 0.368. The number of nitrogens with one attached hydrogen (secondary N) is 1. The van der Waals surface area contributed by atoms with Crippen LogP contribution in [0.3, 0.4) is 0 Å². The van der Waals surface area contributed by atoms with E-state index in [9.17, 15) is 14.0 Å². The molecule has 1 aromatic carbocycles. The topological polar surface area (TPSA) is 79.5 Å². The van der Waals surface area contributed by atoms with E-state index in [1.807, 2.05) is 0 Å². The third-order valence-corrected chi connectivity index (χ3v) is 4.90. The summed E-state index contributed by atoms with van der Waals surface area (Å²) in [5.41, 5.74) is -0.372. The van der Waals surface area contributed by atoms with E-state index in [0.717, 1.165) is 12.8 Å². The van der Waals surface area contributed by atoms with Gasteiger partial charge in [-0.2, -0.15) is 0 Å². The zero-order valence-corrected chi connectivity index (χ0v) is 14.0. The molecule has 132 valence electrons. The fourth-order valence-electron chi connectivity index (χ4n) is 3.63. The summed E-state index contributed by atoms with van der Waals surface area (Å²) in [5.74, 6) is -1.04. The Labute approximate surface area is 144 Å². The van der Waals surface area contributed by atoms with Gasteiger partial charge in [-0.1, -0.05) is 31.0 Å². The van der Waals surface area contributed by atoms with Crippen LogP contribution < -0.4 is 5.32 Å². The lowest BCUT2D eigenvalue weighted by atomic mass is 9.77. The van der Waals surface area contributed by atoms with Crippen LogP contribution in [0.4, 0.5) is 4.39 Å². The van der Waals surface area contributed by atoms with Crippen LogP contribution in [0.15, 0.2) is 34.7 Å². The van der Waals surface area contributed by atoms with Crippen molar-refractivity contribution in [2.75, 3.05) is 0 Å². The minimum absolute atomic E-state index is 0.0726. The normalized spacial score (nSPS) is 15.9. The van der Waals surface area contributed by atoms with Gasteiger partial charge in [-0.05, 0) is 31.9 Å². The Bertz CT molecular complexity index is 806. The average Bonchev–Trinajstić information content (AvgIpc) is 3.20. The molecular weight excluding hydrogens is 325 g/mol. The molecule has 0 spiro atoms. The van der Waals surface area contributed by atoms with Gasteiger partial charge in [0.05, 0.1) is 12.0 Å². The van der Waals surface area contributed by atoms with Gasteiger partial charge in [0.15, 0.2) is 0 Å². The first kappa shape index (κ1) is 17.2. The van der Waals surface area contributed by atoms with Crippen molar-refractivity contribution in [3.8, 4) is 0 Å². The van der Waals surface area contributed by atoms with Crippen LogP contribution in [-0.2, 0) is 16.8 Å². The summed E-state index contributed by atoms with van der Waals surface area (Å²) < 4.78 is 19.7. The summed E-state index contributed by atoms with van der Waals surface area (Å²) >= 11 is 0. The van der Waals surface area contributed by atoms with E-state index < -0.39 is 11.4 Å². The van der Waals surface area contributed by atoms with Gasteiger partial charge in [0.25, 0.3) is 0 Å². The van der Waals surface area contributed by atoms with Crippen LogP contribution in [0, 0.1) is 12.7 Å². The maximum Gasteiger partial charge on any atom is 0.339 e. The minimum Gasteiger partial charge on any atom is -0.478 e. The van der Waals surface area contributed by atoms with Crippen molar-refractivity contribution in [3.05, 3.63) is 58.8 Å². The van der Waals surface area contributed by atoms with Crippen LogP contribution in [0.2, 0.25) is 0 Å². The fourth-order valence-corrected chi connectivity index (χ4v) is 3.63. The lowest BCUT2D eigenvalue weighted by Gasteiger charge is -2.28. The van der Waals surface area contributed by atoms with Crippen molar-refractivity contribution in [1.29, 1.82) is 0 Å². The van der Waals surface area contributed by atoms with E-state index in [0.29, 0.717) is 29.9 Å². The number of carbonyl (C=O) groups is 2. The first-order valence-corrected chi connectivity index (χ1v) is 8.30. The van der Waals surface area contributed by atoms with Gasteiger partial charge in [-0.3, -0.25) is 4.79 Å². The first-order chi connectivity index (χ1) is 11.9. The summed E-state index contributed by atoms with van der Waals surface area (Å²) in [6, 6.07) is 7.79. The third-order valence-electron chi connectivity index (χ3n) is 4.90. The van der Waals surface area contributed by atoms with E-state index in [2.05, 4.69) is 5.32 Å². The molecule has 1 aliphatic rings. The molecule has 1 fully saturated rings. The number of hydrogen-bond donors (Lipinski definition) is 2. The van der Waals surface area contributed by atoms with Crippen molar-refractivity contribution < 1.29 is 23.5 Å². The van der Waals surface area contributed by atoms with Crippen molar-refractivity contribution in [1.82, 2.24) is 5.32 Å². The van der Waals surface area contributed by atoms with Crippen LogP contribution in [0.5, 0.6) is 0 Å². The molecule has 1 saturated carbocycles. The number of benzene rings is 1. The molecule has 0 atom stereocenters. The molecular formula is C19H20FNO4. The molecule has 0 radical (unpaired) electrons. The summed E-state index contributed by atoms with van der Waals surface area (Å²) in [4.78, 5) is 23.9. The predicted molar refractivity (Wildman–Crippen MR) is 88.8 cm³/mol. The second-order valence-corrected chi connectivity index (χ2v) is 6.44. The second-order valence-electron chi connectivity index (χ2n) is 6.44. The molecule has 1 aromatic heterocycles. The quantitative estimate of drug-likeness (QED) is 0.868. The molecule has 2 aromatic rings. The molecule has 1 heterocycles. The van der Waals surface area contributed by atoms with E-state index in [1.165, 1.54) is 12.1 Å². The largest absolute Gasteiger partial charge is 0.478 e.